The molecule has 1 amide bonds. The van der Waals surface area contributed by atoms with Crippen LogP contribution in [0.25, 0.3) is 10.9 Å². The van der Waals surface area contributed by atoms with Gasteiger partial charge in [-0.2, -0.15) is 13.2 Å². The molecule has 3 aromatic rings. The SMILES string of the molecule is Cc1cc(N(C)C)nc2ccc(NC(=O)CCc3ccc(C(F)(F)F)cc3)cc12. The summed E-state index contributed by atoms with van der Waals surface area (Å²) in [6.07, 6.45) is -3.81. The Morgan fingerprint density at radius 1 is 1.07 bits per heavy atom. The lowest BCUT2D eigenvalue weighted by atomic mass is 10.1. The van der Waals surface area contributed by atoms with E-state index in [-0.39, 0.29) is 12.3 Å². The Morgan fingerprint density at radius 2 is 1.76 bits per heavy atom. The molecule has 0 atom stereocenters. The molecule has 1 aromatic heterocycles. The fourth-order valence-electron chi connectivity index (χ4n) is 3.03. The average Bonchev–Trinajstić information content (AvgIpc) is 2.66. The first-order chi connectivity index (χ1) is 13.6. The summed E-state index contributed by atoms with van der Waals surface area (Å²) in [5, 5.41) is 3.80. The fraction of sp³-hybridized carbons (Fsp3) is 0.273. The van der Waals surface area contributed by atoms with Crippen LogP contribution in [0.2, 0.25) is 0 Å². The number of nitrogens with one attached hydrogen (secondary N) is 1. The molecule has 0 saturated heterocycles. The molecule has 0 aliphatic carbocycles. The van der Waals surface area contributed by atoms with Crippen molar-refractivity contribution >= 4 is 28.3 Å². The summed E-state index contributed by atoms with van der Waals surface area (Å²) in [5.74, 6) is 0.670. The van der Waals surface area contributed by atoms with Crippen molar-refractivity contribution in [2.75, 3.05) is 24.3 Å². The second kappa shape index (κ2) is 8.11. The number of carbonyl (C=O) groups excluding carboxylic acids is 1. The third-order valence-corrected chi connectivity index (χ3v) is 4.67. The fourth-order valence-corrected chi connectivity index (χ4v) is 3.03. The van der Waals surface area contributed by atoms with E-state index in [0.717, 1.165) is 34.4 Å². The Labute approximate surface area is 167 Å². The van der Waals surface area contributed by atoms with Gasteiger partial charge in [-0.1, -0.05) is 12.1 Å². The summed E-state index contributed by atoms with van der Waals surface area (Å²) in [5.41, 5.74) is 2.56. The Hall–Kier alpha value is -3.09. The maximum Gasteiger partial charge on any atom is 0.416 e. The van der Waals surface area contributed by atoms with Crippen LogP contribution < -0.4 is 10.2 Å². The largest absolute Gasteiger partial charge is 0.416 e. The van der Waals surface area contributed by atoms with E-state index in [9.17, 15) is 18.0 Å². The summed E-state index contributed by atoms with van der Waals surface area (Å²) in [7, 11) is 3.86. The van der Waals surface area contributed by atoms with Gasteiger partial charge < -0.3 is 10.2 Å². The van der Waals surface area contributed by atoms with Gasteiger partial charge in [-0.15, -0.1) is 0 Å². The topological polar surface area (TPSA) is 45.2 Å². The molecule has 4 nitrogen and oxygen atoms in total. The van der Waals surface area contributed by atoms with E-state index in [0.29, 0.717) is 17.7 Å². The van der Waals surface area contributed by atoms with E-state index < -0.39 is 11.7 Å². The van der Waals surface area contributed by atoms with Crippen molar-refractivity contribution in [3.63, 3.8) is 0 Å². The third-order valence-electron chi connectivity index (χ3n) is 4.67. The minimum Gasteiger partial charge on any atom is -0.363 e. The summed E-state index contributed by atoms with van der Waals surface area (Å²) in [6, 6.07) is 12.4. The van der Waals surface area contributed by atoms with Crippen molar-refractivity contribution in [2.45, 2.75) is 25.9 Å². The molecule has 0 fully saturated rings. The van der Waals surface area contributed by atoms with Gasteiger partial charge in [0.1, 0.15) is 5.82 Å². The number of anilines is 2. The van der Waals surface area contributed by atoms with Crippen LogP contribution in [0.3, 0.4) is 0 Å². The Kier molecular flexibility index (Phi) is 5.77. The highest BCUT2D eigenvalue weighted by atomic mass is 19.4. The van der Waals surface area contributed by atoms with Crippen molar-refractivity contribution in [2.24, 2.45) is 0 Å². The number of fused-ring (bicyclic) bond motifs is 1. The third kappa shape index (κ3) is 5.04. The lowest BCUT2D eigenvalue weighted by Crippen LogP contribution is -2.13. The van der Waals surface area contributed by atoms with E-state index in [1.54, 1.807) is 6.07 Å². The number of amides is 1. The zero-order valence-corrected chi connectivity index (χ0v) is 16.5. The number of aryl methyl sites for hydroxylation is 2. The molecule has 29 heavy (non-hydrogen) atoms. The number of aromatic nitrogens is 1. The number of hydrogen-bond donors (Lipinski definition) is 1. The monoisotopic (exact) mass is 401 g/mol. The summed E-state index contributed by atoms with van der Waals surface area (Å²) < 4.78 is 37.8. The Balaban J connectivity index is 1.65. The van der Waals surface area contributed by atoms with Gasteiger partial charge in [0.2, 0.25) is 5.91 Å². The molecule has 0 radical (unpaired) electrons. The summed E-state index contributed by atoms with van der Waals surface area (Å²) in [6.45, 7) is 1.99. The smallest absolute Gasteiger partial charge is 0.363 e. The molecule has 0 saturated carbocycles. The van der Waals surface area contributed by atoms with E-state index >= 15 is 0 Å². The first kappa shape index (κ1) is 20.6. The van der Waals surface area contributed by atoms with Crippen LogP contribution in [0.1, 0.15) is 23.1 Å². The van der Waals surface area contributed by atoms with Gasteiger partial charge >= 0.3 is 6.18 Å². The first-order valence-electron chi connectivity index (χ1n) is 9.18. The number of rotatable bonds is 5. The molecule has 2 aromatic carbocycles. The van der Waals surface area contributed by atoms with Crippen molar-refractivity contribution in [1.29, 1.82) is 0 Å². The molecule has 0 aliphatic heterocycles. The van der Waals surface area contributed by atoms with Crippen LogP contribution in [0.15, 0.2) is 48.5 Å². The summed E-state index contributed by atoms with van der Waals surface area (Å²) in [4.78, 5) is 18.8. The highest BCUT2D eigenvalue weighted by Crippen LogP contribution is 2.29. The zero-order valence-electron chi connectivity index (χ0n) is 16.5. The summed E-state index contributed by atoms with van der Waals surface area (Å²) >= 11 is 0. The van der Waals surface area contributed by atoms with Crippen LogP contribution in [0.4, 0.5) is 24.7 Å². The van der Waals surface area contributed by atoms with Crippen LogP contribution in [0.5, 0.6) is 0 Å². The number of nitrogens with zero attached hydrogens (tertiary/aromatic N) is 2. The molecule has 152 valence electrons. The molecule has 0 unspecified atom stereocenters. The van der Waals surface area contributed by atoms with Crippen LogP contribution in [-0.4, -0.2) is 25.0 Å². The maximum atomic E-state index is 12.6. The zero-order chi connectivity index (χ0) is 21.2. The van der Waals surface area contributed by atoms with Gasteiger partial charge in [-0.3, -0.25) is 4.79 Å². The molecule has 1 N–H and O–H groups in total. The number of hydrogen-bond acceptors (Lipinski definition) is 3. The molecule has 1 heterocycles. The molecule has 0 aliphatic rings. The van der Waals surface area contributed by atoms with Gasteiger partial charge in [0.15, 0.2) is 0 Å². The number of carbonyl (C=O) groups is 1. The van der Waals surface area contributed by atoms with E-state index in [4.69, 9.17) is 0 Å². The standard InChI is InChI=1S/C22H22F3N3O/c1-14-12-20(28(2)3)27-19-10-9-17(13-18(14)19)26-21(29)11-6-15-4-7-16(8-5-15)22(23,24)25/h4-5,7-10,12-13H,6,11H2,1-3H3,(H,26,29). The predicted octanol–water partition coefficient (Wildman–Crippen LogP) is 5.20. The van der Waals surface area contributed by atoms with Crippen LogP contribution >= 0.6 is 0 Å². The number of halogens is 3. The molecular weight excluding hydrogens is 379 g/mol. The quantitative estimate of drug-likeness (QED) is 0.639. The van der Waals surface area contributed by atoms with Crippen molar-refractivity contribution in [3.8, 4) is 0 Å². The number of pyridine rings is 1. The molecule has 0 bridgehead atoms. The Morgan fingerprint density at radius 3 is 2.38 bits per heavy atom. The number of alkyl halides is 3. The van der Waals surface area contributed by atoms with Gasteiger partial charge in [0, 0.05) is 31.6 Å². The van der Waals surface area contributed by atoms with E-state index in [2.05, 4.69) is 10.3 Å². The first-order valence-corrected chi connectivity index (χ1v) is 9.18. The predicted molar refractivity (Wildman–Crippen MR) is 109 cm³/mol. The maximum absolute atomic E-state index is 12.6. The average molecular weight is 401 g/mol. The molecule has 7 heteroatoms. The van der Waals surface area contributed by atoms with Gasteiger partial charge in [0.05, 0.1) is 11.1 Å². The van der Waals surface area contributed by atoms with Crippen LogP contribution in [0, 0.1) is 6.92 Å². The van der Waals surface area contributed by atoms with Gasteiger partial charge in [-0.05, 0) is 60.9 Å². The van der Waals surface area contributed by atoms with Gasteiger partial charge in [-0.25, -0.2) is 4.98 Å². The lowest BCUT2D eigenvalue weighted by Gasteiger charge is -2.14. The molecule has 0 spiro atoms. The van der Waals surface area contributed by atoms with Crippen LogP contribution in [-0.2, 0) is 17.4 Å². The van der Waals surface area contributed by atoms with E-state index in [1.165, 1.54) is 12.1 Å². The minimum absolute atomic E-state index is 0.181. The highest BCUT2D eigenvalue weighted by Gasteiger charge is 2.29. The minimum atomic E-state index is -4.35. The van der Waals surface area contributed by atoms with Crippen molar-refractivity contribution < 1.29 is 18.0 Å². The van der Waals surface area contributed by atoms with Crippen molar-refractivity contribution in [1.82, 2.24) is 4.98 Å². The van der Waals surface area contributed by atoms with E-state index in [1.807, 2.05) is 44.1 Å². The van der Waals surface area contributed by atoms with Gasteiger partial charge in [0.25, 0.3) is 0 Å². The number of benzene rings is 2. The normalized spacial score (nSPS) is 11.5. The lowest BCUT2D eigenvalue weighted by molar-refractivity contribution is -0.137. The Bertz CT molecular complexity index is 1030. The second-order valence-corrected chi connectivity index (χ2v) is 7.17. The molecule has 3 rings (SSSR count). The highest BCUT2D eigenvalue weighted by molar-refractivity contribution is 5.94. The second-order valence-electron chi connectivity index (χ2n) is 7.17. The van der Waals surface area contributed by atoms with Crippen molar-refractivity contribution in [3.05, 3.63) is 65.2 Å². The molecular formula is C22H22F3N3O.